The Morgan fingerprint density at radius 1 is 1.06 bits per heavy atom. The molecule has 0 bridgehead atoms. The number of hydrogen-bond donors (Lipinski definition) is 1. The van der Waals surface area contributed by atoms with Gasteiger partial charge in [0.15, 0.2) is 5.72 Å². The molecule has 0 aromatic heterocycles. The normalized spacial score (nSPS) is 24.5. The molecule has 2 aromatic rings. The average molecular weight is 454 g/mol. The Bertz CT molecular complexity index is 1070. The van der Waals surface area contributed by atoms with Crippen molar-refractivity contribution in [2.75, 3.05) is 13.2 Å². The molecule has 174 valence electrons. The van der Waals surface area contributed by atoms with Crippen molar-refractivity contribution in [3.8, 4) is 0 Å². The fourth-order valence-electron chi connectivity index (χ4n) is 4.36. The number of benzene rings is 2. The van der Waals surface area contributed by atoms with Crippen LogP contribution in [0.15, 0.2) is 59.6 Å². The van der Waals surface area contributed by atoms with Crippen molar-refractivity contribution in [3.05, 3.63) is 75.8 Å². The van der Waals surface area contributed by atoms with Crippen molar-refractivity contribution in [2.45, 2.75) is 32.4 Å². The first-order valence-corrected chi connectivity index (χ1v) is 10.7. The van der Waals surface area contributed by atoms with Crippen LogP contribution < -0.4 is 0 Å². The highest BCUT2D eigenvalue weighted by Crippen LogP contribution is 2.49. The third kappa shape index (κ3) is 4.63. The lowest BCUT2D eigenvalue weighted by Gasteiger charge is -2.43. The molecule has 0 saturated heterocycles. The van der Waals surface area contributed by atoms with Gasteiger partial charge in [0.1, 0.15) is 11.8 Å². The number of non-ortho nitro benzene ring substituents is 1. The van der Waals surface area contributed by atoms with Crippen LogP contribution in [0.2, 0.25) is 0 Å². The minimum absolute atomic E-state index is 0.0363. The molecule has 3 rings (SSSR count). The van der Waals surface area contributed by atoms with Gasteiger partial charge in [0.2, 0.25) is 0 Å². The van der Waals surface area contributed by atoms with Gasteiger partial charge in [-0.1, -0.05) is 42.5 Å². The van der Waals surface area contributed by atoms with Crippen molar-refractivity contribution in [1.29, 1.82) is 0 Å². The van der Waals surface area contributed by atoms with Gasteiger partial charge in [0.05, 0.1) is 18.1 Å². The van der Waals surface area contributed by atoms with Gasteiger partial charge in [-0.05, 0) is 26.3 Å². The van der Waals surface area contributed by atoms with Crippen molar-refractivity contribution in [3.63, 3.8) is 0 Å². The van der Waals surface area contributed by atoms with Gasteiger partial charge in [0, 0.05) is 29.3 Å². The summed E-state index contributed by atoms with van der Waals surface area (Å²) in [6.45, 7) is 4.98. The Labute approximate surface area is 191 Å². The molecular weight excluding hydrogens is 428 g/mol. The van der Waals surface area contributed by atoms with E-state index in [-0.39, 0.29) is 24.6 Å². The third-order valence-electron chi connectivity index (χ3n) is 5.69. The molecule has 0 spiro atoms. The van der Waals surface area contributed by atoms with E-state index in [1.165, 1.54) is 18.2 Å². The Morgan fingerprint density at radius 3 is 2.30 bits per heavy atom. The van der Waals surface area contributed by atoms with Crippen LogP contribution in [0.5, 0.6) is 0 Å². The number of rotatable bonds is 7. The Hall–Kier alpha value is -3.59. The lowest BCUT2D eigenvalue weighted by atomic mass is 9.67. The average Bonchev–Trinajstić information content (AvgIpc) is 2.79. The van der Waals surface area contributed by atoms with Gasteiger partial charge < -0.3 is 14.6 Å². The number of hydrogen-bond acceptors (Lipinski definition) is 8. The minimum atomic E-state index is -2.06. The lowest BCUT2D eigenvalue weighted by molar-refractivity contribution is -0.385. The SMILES string of the molecule is CCOC(=O)C1C(C)=NC(O)(c2ccccc2)C(C(=O)OCC)C1c1cccc([N+](=O)[O-])c1. The molecule has 0 fully saturated rings. The zero-order valence-corrected chi connectivity index (χ0v) is 18.6. The second-order valence-corrected chi connectivity index (χ2v) is 7.68. The maximum absolute atomic E-state index is 13.3. The van der Waals surface area contributed by atoms with E-state index in [1.54, 1.807) is 57.2 Å². The molecule has 2 aromatic carbocycles. The van der Waals surface area contributed by atoms with Crippen molar-refractivity contribution in [1.82, 2.24) is 0 Å². The van der Waals surface area contributed by atoms with E-state index in [0.29, 0.717) is 11.1 Å². The van der Waals surface area contributed by atoms with Crippen LogP contribution >= 0.6 is 0 Å². The highest BCUT2D eigenvalue weighted by atomic mass is 16.6. The largest absolute Gasteiger partial charge is 0.466 e. The molecule has 0 amide bonds. The lowest BCUT2D eigenvalue weighted by Crippen LogP contribution is -2.52. The molecule has 1 heterocycles. The van der Waals surface area contributed by atoms with E-state index in [0.717, 1.165) is 0 Å². The van der Waals surface area contributed by atoms with Crippen LogP contribution in [0.3, 0.4) is 0 Å². The van der Waals surface area contributed by atoms with E-state index >= 15 is 0 Å². The number of aliphatic hydroxyl groups is 1. The number of aliphatic imine (C=N–C) groups is 1. The number of esters is 2. The highest BCUT2D eigenvalue weighted by Gasteiger charge is 2.57. The Morgan fingerprint density at radius 2 is 1.70 bits per heavy atom. The molecule has 1 aliphatic heterocycles. The van der Waals surface area contributed by atoms with Crippen LogP contribution in [-0.4, -0.2) is 40.9 Å². The monoisotopic (exact) mass is 454 g/mol. The van der Waals surface area contributed by atoms with Crippen molar-refractivity contribution < 1.29 is 29.1 Å². The standard InChI is InChI=1S/C24H26N2O7/c1-4-32-22(27)19-15(3)25-24(29,17-11-7-6-8-12-17)21(23(28)33-5-2)20(19)16-10-9-13-18(14-16)26(30)31/h6-14,19-21,29H,4-5H2,1-3H3. The van der Waals surface area contributed by atoms with Crippen molar-refractivity contribution >= 4 is 23.3 Å². The Balaban J connectivity index is 2.31. The van der Waals surface area contributed by atoms with Gasteiger partial charge in [-0.25, -0.2) is 0 Å². The molecule has 9 heteroatoms. The maximum atomic E-state index is 13.3. The van der Waals surface area contributed by atoms with E-state index in [1.807, 2.05) is 0 Å². The molecule has 9 nitrogen and oxygen atoms in total. The number of nitrogens with zero attached hydrogens (tertiary/aromatic N) is 2. The molecule has 33 heavy (non-hydrogen) atoms. The predicted molar refractivity (Wildman–Crippen MR) is 120 cm³/mol. The first-order chi connectivity index (χ1) is 15.7. The molecule has 1 aliphatic rings. The van der Waals surface area contributed by atoms with Crippen LogP contribution in [0.4, 0.5) is 5.69 Å². The highest BCUT2D eigenvalue weighted by molar-refractivity contribution is 6.04. The molecular formula is C24H26N2O7. The summed E-state index contributed by atoms with van der Waals surface area (Å²) in [5.74, 6) is -4.85. The van der Waals surface area contributed by atoms with Gasteiger partial charge >= 0.3 is 11.9 Å². The van der Waals surface area contributed by atoms with Gasteiger partial charge in [-0.15, -0.1) is 0 Å². The topological polar surface area (TPSA) is 128 Å². The van der Waals surface area contributed by atoms with Gasteiger partial charge in [-0.3, -0.25) is 24.7 Å². The molecule has 0 aliphatic carbocycles. The first kappa shape index (κ1) is 24.1. The Kier molecular flexibility index (Phi) is 7.23. The number of nitro groups is 1. The number of carbonyl (C=O) groups is 2. The second-order valence-electron chi connectivity index (χ2n) is 7.68. The summed E-state index contributed by atoms with van der Waals surface area (Å²) in [4.78, 5) is 41.6. The van der Waals surface area contributed by atoms with E-state index in [9.17, 15) is 24.8 Å². The van der Waals surface area contributed by atoms with Crippen LogP contribution in [0, 0.1) is 22.0 Å². The summed E-state index contributed by atoms with van der Waals surface area (Å²) in [6, 6.07) is 14.1. The van der Waals surface area contributed by atoms with E-state index in [2.05, 4.69) is 4.99 Å². The summed E-state index contributed by atoms with van der Waals surface area (Å²) < 4.78 is 10.6. The van der Waals surface area contributed by atoms with Gasteiger partial charge in [-0.2, -0.15) is 0 Å². The maximum Gasteiger partial charge on any atom is 0.315 e. The molecule has 0 saturated carbocycles. The molecule has 1 N–H and O–H groups in total. The van der Waals surface area contributed by atoms with Crippen LogP contribution in [0.1, 0.15) is 37.8 Å². The van der Waals surface area contributed by atoms with Crippen molar-refractivity contribution in [2.24, 2.45) is 16.8 Å². The number of ether oxygens (including phenoxy) is 2. The number of carbonyl (C=O) groups excluding carboxylic acids is 2. The zero-order chi connectivity index (χ0) is 24.2. The number of nitro benzene ring substituents is 1. The minimum Gasteiger partial charge on any atom is -0.466 e. The second kappa shape index (κ2) is 9.91. The molecule has 4 atom stereocenters. The van der Waals surface area contributed by atoms with Gasteiger partial charge in [0.25, 0.3) is 5.69 Å². The first-order valence-electron chi connectivity index (χ1n) is 10.7. The van der Waals surface area contributed by atoms with E-state index < -0.39 is 40.3 Å². The summed E-state index contributed by atoms with van der Waals surface area (Å²) in [5.41, 5.74) is -1.36. The van der Waals surface area contributed by atoms with Crippen LogP contribution in [0.25, 0.3) is 0 Å². The quantitative estimate of drug-likeness (QED) is 0.386. The molecule has 0 radical (unpaired) electrons. The summed E-state index contributed by atoms with van der Waals surface area (Å²) >= 11 is 0. The fraction of sp³-hybridized carbons (Fsp3) is 0.375. The smallest absolute Gasteiger partial charge is 0.315 e. The summed E-state index contributed by atoms with van der Waals surface area (Å²) in [7, 11) is 0. The third-order valence-corrected chi connectivity index (χ3v) is 5.69. The molecule has 4 unspecified atom stereocenters. The fourth-order valence-corrected chi connectivity index (χ4v) is 4.36. The van der Waals surface area contributed by atoms with Crippen LogP contribution in [-0.2, 0) is 24.8 Å². The summed E-state index contributed by atoms with van der Waals surface area (Å²) in [5, 5.41) is 23.3. The predicted octanol–water partition coefficient (Wildman–Crippen LogP) is 3.36. The van der Waals surface area contributed by atoms with E-state index in [4.69, 9.17) is 9.47 Å². The summed E-state index contributed by atoms with van der Waals surface area (Å²) in [6.07, 6.45) is 0. The zero-order valence-electron chi connectivity index (χ0n) is 18.6.